The normalized spacial score (nSPS) is 15.0. The summed E-state index contributed by atoms with van der Waals surface area (Å²) >= 11 is 0. The second-order valence-electron chi connectivity index (χ2n) is 7.93. The number of imidazole rings is 1. The van der Waals surface area contributed by atoms with Crippen LogP contribution in [0.5, 0.6) is 5.75 Å². The van der Waals surface area contributed by atoms with Gasteiger partial charge in [-0.1, -0.05) is 18.6 Å². The molecule has 0 spiro atoms. The maximum Gasteiger partial charge on any atom is 0.243 e. The third kappa shape index (κ3) is 4.94. The Morgan fingerprint density at radius 1 is 1.12 bits per heavy atom. The van der Waals surface area contributed by atoms with Crippen LogP contribution in [0, 0.1) is 0 Å². The molecular formula is C23H28N4O4S. The summed E-state index contributed by atoms with van der Waals surface area (Å²) in [5.41, 5.74) is 2.39. The Bertz CT molecular complexity index is 1200. The highest BCUT2D eigenvalue weighted by molar-refractivity contribution is 7.89. The topological polar surface area (TPSA) is 93.5 Å². The van der Waals surface area contributed by atoms with Crippen molar-refractivity contribution in [2.24, 2.45) is 0 Å². The molecule has 2 heterocycles. The van der Waals surface area contributed by atoms with Gasteiger partial charge < -0.3 is 14.6 Å². The molecule has 0 aliphatic carbocycles. The van der Waals surface area contributed by atoms with E-state index in [1.54, 1.807) is 35.9 Å². The molecule has 32 heavy (non-hydrogen) atoms. The predicted molar refractivity (Wildman–Crippen MR) is 122 cm³/mol. The monoisotopic (exact) mass is 456 g/mol. The lowest BCUT2D eigenvalue weighted by atomic mass is 10.2. The predicted octanol–water partition coefficient (Wildman–Crippen LogP) is 2.93. The van der Waals surface area contributed by atoms with E-state index in [4.69, 9.17) is 4.74 Å². The number of sulfonamides is 1. The molecule has 0 bridgehead atoms. The Morgan fingerprint density at radius 3 is 2.72 bits per heavy atom. The zero-order chi connectivity index (χ0) is 22.6. The number of rotatable bonds is 8. The molecule has 9 heteroatoms. The van der Waals surface area contributed by atoms with E-state index >= 15 is 0 Å². The summed E-state index contributed by atoms with van der Waals surface area (Å²) in [5.74, 6) is 0.683. The highest BCUT2D eigenvalue weighted by Gasteiger charge is 2.26. The van der Waals surface area contributed by atoms with E-state index in [1.807, 2.05) is 28.8 Å². The maximum absolute atomic E-state index is 12.9. The molecule has 0 unspecified atom stereocenters. The van der Waals surface area contributed by atoms with Crippen LogP contribution in [-0.4, -0.2) is 48.4 Å². The van der Waals surface area contributed by atoms with E-state index in [1.165, 1.54) is 0 Å². The Balaban J connectivity index is 1.38. The summed E-state index contributed by atoms with van der Waals surface area (Å²) in [6.45, 7) is 2.02. The zero-order valence-corrected chi connectivity index (χ0v) is 19.0. The Hall–Kier alpha value is -2.91. The fourth-order valence-electron chi connectivity index (χ4n) is 3.93. The van der Waals surface area contributed by atoms with Crippen molar-refractivity contribution in [1.82, 2.24) is 19.2 Å². The van der Waals surface area contributed by atoms with Crippen LogP contribution in [0.25, 0.3) is 11.0 Å². The fourth-order valence-corrected chi connectivity index (χ4v) is 5.47. The molecule has 0 atom stereocenters. The molecular weight excluding hydrogens is 428 g/mol. The van der Waals surface area contributed by atoms with Gasteiger partial charge in [0.25, 0.3) is 0 Å². The lowest BCUT2D eigenvalue weighted by Gasteiger charge is -2.25. The minimum atomic E-state index is -3.50. The highest BCUT2D eigenvalue weighted by atomic mass is 32.2. The van der Waals surface area contributed by atoms with Gasteiger partial charge in [0.15, 0.2) is 0 Å². The molecule has 2 aromatic carbocycles. The van der Waals surface area contributed by atoms with E-state index in [2.05, 4.69) is 10.3 Å². The molecule has 1 aromatic heterocycles. The number of carbonyl (C=O) groups excluding carboxylic acids is 1. The van der Waals surface area contributed by atoms with Gasteiger partial charge in [-0.2, -0.15) is 4.31 Å². The maximum atomic E-state index is 12.9. The average Bonchev–Trinajstić information content (AvgIpc) is 3.24. The second kappa shape index (κ2) is 9.70. The summed E-state index contributed by atoms with van der Waals surface area (Å²) in [6.07, 6.45) is 4.81. The smallest absolute Gasteiger partial charge is 0.243 e. The average molecular weight is 457 g/mol. The summed E-state index contributed by atoms with van der Waals surface area (Å²) < 4.78 is 34.5. The number of hydrogen-bond donors (Lipinski definition) is 1. The molecule has 1 aliphatic heterocycles. The van der Waals surface area contributed by atoms with Crippen molar-refractivity contribution in [1.29, 1.82) is 0 Å². The van der Waals surface area contributed by atoms with Crippen LogP contribution in [0.2, 0.25) is 0 Å². The van der Waals surface area contributed by atoms with Gasteiger partial charge in [0.2, 0.25) is 15.9 Å². The van der Waals surface area contributed by atoms with Crippen molar-refractivity contribution < 1.29 is 17.9 Å². The van der Waals surface area contributed by atoms with Gasteiger partial charge in [-0.15, -0.1) is 0 Å². The first kappa shape index (κ1) is 22.3. The van der Waals surface area contributed by atoms with E-state index in [0.717, 1.165) is 36.1 Å². The van der Waals surface area contributed by atoms with E-state index in [-0.39, 0.29) is 10.8 Å². The van der Waals surface area contributed by atoms with E-state index in [9.17, 15) is 13.2 Å². The Morgan fingerprint density at radius 2 is 1.94 bits per heavy atom. The molecule has 1 saturated heterocycles. The van der Waals surface area contributed by atoms with Crippen LogP contribution >= 0.6 is 0 Å². The number of hydrogen-bond acceptors (Lipinski definition) is 5. The molecule has 1 fully saturated rings. The molecule has 4 rings (SSSR count). The zero-order valence-electron chi connectivity index (χ0n) is 18.2. The number of nitrogens with zero attached hydrogens (tertiary/aromatic N) is 3. The summed E-state index contributed by atoms with van der Waals surface area (Å²) in [5, 5.41) is 2.91. The number of amides is 1. The number of carbonyl (C=O) groups is 1. The Kier molecular flexibility index (Phi) is 6.76. The third-order valence-corrected chi connectivity index (χ3v) is 7.64. The number of methoxy groups -OCH3 is 1. The minimum absolute atomic E-state index is 0.0704. The van der Waals surface area contributed by atoms with Crippen LogP contribution < -0.4 is 10.1 Å². The summed E-state index contributed by atoms with van der Waals surface area (Å²) in [7, 11) is -1.89. The SMILES string of the molecule is COc1cccc(CNC(=O)CCn2cnc3cc(S(=O)(=O)N4CCCCC4)ccc32)c1. The van der Waals surface area contributed by atoms with Gasteiger partial charge in [-0.25, -0.2) is 13.4 Å². The largest absolute Gasteiger partial charge is 0.497 e. The molecule has 0 saturated carbocycles. The third-order valence-electron chi connectivity index (χ3n) is 5.75. The number of aryl methyl sites for hydroxylation is 1. The molecule has 170 valence electrons. The molecule has 3 aromatic rings. The quantitative estimate of drug-likeness (QED) is 0.563. The van der Waals surface area contributed by atoms with Crippen molar-refractivity contribution in [3.8, 4) is 5.75 Å². The summed E-state index contributed by atoms with van der Waals surface area (Å²) in [6, 6.07) is 12.6. The van der Waals surface area contributed by atoms with Crippen molar-refractivity contribution >= 4 is 27.0 Å². The van der Waals surface area contributed by atoms with Gasteiger partial charge in [0, 0.05) is 32.6 Å². The van der Waals surface area contributed by atoms with Crippen molar-refractivity contribution in [3.05, 3.63) is 54.4 Å². The standard InChI is InChI=1S/C23H28N4O4S/c1-31-19-7-5-6-18(14-19)16-24-23(28)10-13-26-17-25-21-15-20(8-9-22(21)26)32(29,30)27-11-3-2-4-12-27/h5-9,14-15,17H,2-4,10-13,16H2,1H3,(H,24,28). The molecule has 8 nitrogen and oxygen atoms in total. The van der Waals surface area contributed by atoms with E-state index < -0.39 is 10.0 Å². The Labute approximate surface area is 188 Å². The summed E-state index contributed by atoms with van der Waals surface area (Å²) in [4.78, 5) is 16.9. The lowest BCUT2D eigenvalue weighted by Crippen LogP contribution is -2.35. The molecule has 1 aliphatic rings. The first-order valence-corrected chi connectivity index (χ1v) is 12.3. The fraction of sp³-hybridized carbons (Fsp3) is 0.391. The number of ether oxygens (including phenoxy) is 1. The highest BCUT2D eigenvalue weighted by Crippen LogP contribution is 2.24. The number of aromatic nitrogens is 2. The van der Waals surface area contributed by atoms with Crippen LogP contribution in [0.1, 0.15) is 31.2 Å². The van der Waals surface area contributed by atoms with E-state index in [0.29, 0.717) is 38.1 Å². The van der Waals surface area contributed by atoms with Crippen molar-refractivity contribution in [2.45, 2.75) is 43.7 Å². The van der Waals surface area contributed by atoms with Crippen LogP contribution in [-0.2, 0) is 27.9 Å². The first-order valence-electron chi connectivity index (χ1n) is 10.8. The van der Waals surface area contributed by atoms with Gasteiger partial charge in [0.1, 0.15) is 5.75 Å². The van der Waals surface area contributed by atoms with Crippen molar-refractivity contribution in [2.75, 3.05) is 20.2 Å². The van der Waals surface area contributed by atoms with Crippen LogP contribution in [0.15, 0.2) is 53.7 Å². The number of piperidine rings is 1. The van der Waals surface area contributed by atoms with Gasteiger partial charge in [0.05, 0.1) is 29.4 Å². The first-order chi connectivity index (χ1) is 15.5. The molecule has 1 N–H and O–H groups in total. The van der Waals surface area contributed by atoms with Crippen LogP contribution in [0.4, 0.5) is 0 Å². The number of fused-ring (bicyclic) bond motifs is 1. The van der Waals surface area contributed by atoms with Gasteiger partial charge in [-0.05, 0) is 48.7 Å². The second-order valence-corrected chi connectivity index (χ2v) is 9.87. The molecule has 1 amide bonds. The van der Waals surface area contributed by atoms with Gasteiger partial charge in [-0.3, -0.25) is 4.79 Å². The number of nitrogens with one attached hydrogen (secondary N) is 1. The molecule has 0 radical (unpaired) electrons. The lowest BCUT2D eigenvalue weighted by molar-refractivity contribution is -0.121. The van der Waals surface area contributed by atoms with Crippen molar-refractivity contribution in [3.63, 3.8) is 0 Å². The van der Waals surface area contributed by atoms with Crippen LogP contribution in [0.3, 0.4) is 0 Å². The van der Waals surface area contributed by atoms with Gasteiger partial charge >= 0.3 is 0 Å². The number of benzene rings is 2. The minimum Gasteiger partial charge on any atom is -0.497 e.